The van der Waals surface area contributed by atoms with Gasteiger partial charge < -0.3 is 9.73 Å². The zero-order chi connectivity index (χ0) is 20.3. The average molecular weight is 385 g/mol. The number of halogens is 1. The summed E-state index contributed by atoms with van der Waals surface area (Å²) in [6, 6.07) is 6.41. The number of allylic oxidation sites excluding steroid dienone is 1. The Morgan fingerprint density at radius 3 is 2.75 bits per heavy atom. The molecule has 1 aromatic carbocycles. The molecule has 5 nitrogen and oxygen atoms in total. The number of amides is 1. The van der Waals surface area contributed by atoms with Crippen LogP contribution in [-0.4, -0.2) is 22.6 Å². The van der Waals surface area contributed by atoms with Gasteiger partial charge in [0, 0.05) is 19.9 Å². The van der Waals surface area contributed by atoms with Crippen LogP contribution in [0.15, 0.2) is 40.3 Å². The summed E-state index contributed by atoms with van der Waals surface area (Å²) >= 11 is 0. The van der Waals surface area contributed by atoms with Crippen molar-refractivity contribution in [3.63, 3.8) is 0 Å². The minimum atomic E-state index is -0.368. The van der Waals surface area contributed by atoms with Gasteiger partial charge in [0.25, 0.3) is 5.89 Å². The van der Waals surface area contributed by atoms with Crippen LogP contribution in [0.5, 0.6) is 0 Å². The molecule has 0 saturated carbocycles. The number of nitrogens with zero attached hydrogens (tertiary/aromatic N) is 2. The van der Waals surface area contributed by atoms with Crippen molar-refractivity contribution in [2.24, 2.45) is 23.7 Å². The Morgan fingerprint density at radius 1 is 1.32 bits per heavy atom. The van der Waals surface area contributed by atoms with Crippen LogP contribution in [0.25, 0.3) is 11.5 Å². The molecule has 0 bridgehead atoms. The molecule has 3 unspecified atom stereocenters. The molecule has 28 heavy (non-hydrogen) atoms. The van der Waals surface area contributed by atoms with Gasteiger partial charge in [-0.05, 0) is 49.1 Å². The summed E-state index contributed by atoms with van der Waals surface area (Å²) in [7, 11) is 0. The van der Waals surface area contributed by atoms with Gasteiger partial charge in [-0.15, -0.1) is 10.2 Å². The molecule has 0 saturated heterocycles. The summed E-state index contributed by atoms with van der Waals surface area (Å²) in [6.45, 7) is 8.78. The predicted molar refractivity (Wildman–Crippen MR) is 106 cm³/mol. The van der Waals surface area contributed by atoms with Crippen molar-refractivity contribution in [3.8, 4) is 11.5 Å². The molecule has 0 fully saturated rings. The Morgan fingerprint density at radius 2 is 2.07 bits per heavy atom. The Kier molecular flexibility index (Phi) is 6.27. The monoisotopic (exact) mass is 385 g/mol. The highest BCUT2D eigenvalue weighted by molar-refractivity contribution is 5.72. The standard InChI is InChI=1S/C22H28FN3O2/c1-13(2)19-10-16(14(3)9-17(19)12-24-15(4)27)11-21-25-26-22(28-21)18-7-5-6-8-20(18)23/h5-9,13,16-17,19H,10-12H2,1-4H3,(H,24,27). The van der Waals surface area contributed by atoms with Gasteiger partial charge in [-0.3, -0.25) is 4.79 Å². The van der Waals surface area contributed by atoms with Gasteiger partial charge >= 0.3 is 0 Å². The van der Waals surface area contributed by atoms with E-state index in [1.165, 1.54) is 11.6 Å². The van der Waals surface area contributed by atoms with Crippen molar-refractivity contribution < 1.29 is 13.6 Å². The number of aromatic nitrogens is 2. The van der Waals surface area contributed by atoms with Gasteiger partial charge in [-0.25, -0.2) is 4.39 Å². The summed E-state index contributed by atoms with van der Waals surface area (Å²) in [4.78, 5) is 11.3. The summed E-state index contributed by atoms with van der Waals surface area (Å²) in [5.41, 5.74) is 1.60. The molecule has 2 aromatic rings. The van der Waals surface area contributed by atoms with Gasteiger partial charge in [0.2, 0.25) is 11.8 Å². The normalized spacial score (nSPS) is 22.2. The van der Waals surface area contributed by atoms with Crippen LogP contribution in [0.1, 0.15) is 40.0 Å². The van der Waals surface area contributed by atoms with Crippen molar-refractivity contribution in [1.29, 1.82) is 0 Å². The fourth-order valence-corrected chi connectivity index (χ4v) is 4.06. The van der Waals surface area contributed by atoms with Crippen molar-refractivity contribution >= 4 is 5.91 Å². The smallest absolute Gasteiger partial charge is 0.250 e. The zero-order valence-electron chi connectivity index (χ0n) is 16.9. The van der Waals surface area contributed by atoms with Gasteiger partial charge in [-0.1, -0.05) is 37.6 Å². The first kappa shape index (κ1) is 20.2. The second-order valence-electron chi connectivity index (χ2n) is 8.04. The Bertz CT molecular complexity index is 859. The van der Waals surface area contributed by atoms with Crippen LogP contribution in [0.3, 0.4) is 0 Å². The molecular formula is C22H28FN3O2. The molecule has 150 valence electrons. The lowest BCUT2D eigenvalue weighted by Gasteiger charge is -2.37. The SMILES string of the molecule is CC(=O)NCC1C=C(C)C(Cc2nnc(-c3ccccc3F)o2)CC1C(C)C. The van der Waals surface area contributed by atoms with E-state index in [1.807, 2.05) is 0 Å². The third-order valence-electron chi connectivity index (χ3n) is 5.66. The maximum Gasteiger partial charge on any atom is 0.250 e. The minimum absolute atomic E-state index is 0.00205. The zero-order valence-corrected chi connectivity index (χ0v) is 16.9. The van der Waals surface area contributed by atoms with Gasteiger partial charge in [0.05, 0.1) is 5.56 Å². The maximum atomic E-state index is 14.0. The summed E-state index contributed by atoms with van der Waals surface area (Å²) in [6.07, 6.45) is 3.92. The predicted octanol–water partition coefficient (Wildman–Crippen LogP) is 4.41. The van der Waals surface area contributed by atoms with Gasteiger partial charge in [-0.2, -0.15) is 0 Å². The Balaban J connectivity index is 1.75. The second kappa shape index (κ2) is 8.67. The quantitative estimate of drug-likeness (QED) is 0.748. The molecule has 3 rings (SSSR count). The Hall–Kier alpha value is -2.50. The molecule has 0 radical (unpaired) electrons. The van der Waals surface area contributed by atoms with E-state index in [0.29, 0.717) is 48.1 Å². The number of nitrogens with one attached hydrogen (secondary N) is 1. The van der Waals surface area contributed by atoms with Crippen molar-refractivity contribution in [2.45, 2.75) is 40.5 Å². The van der Waals surface area contributed by atoms with E-state index in [0.717, 1.165) is 6.42 Å². The van der Waals surface area contributed by atoms with Gasteiger partial charge in [0.1, 0.15) is 5.82 Å². The lowest BCUT2D eigenvalue weighted by atomic mass is 9.70. The Labute approximate surface area is 165 Å². The topological polar surface area (TPSA) is 68.0 Å². The number of rotatable bonds is 6. The van der Waals surface area contributed by atoms with Gasteiger partial charge in [0.15, 0.2) is 0 Å². The first-order valence-corrected chi connectivity index (χ1v) is 9.85. The van der Waals surface area contributed by atoms with E-state index in [1.54, 1.807) is 25.1 Å². The first-order chi connectivity index (χ1) is 13.3. The summed E-state index contributed by atoms with van der Waals surface area (Å²) in [5, 5.41) is 11.1. The molecule has 1 N–H and O–H groups in total. The van der Waals surface area contributed by atoms with E-state index in [2.05, 4.69) is 42.4 Å². The second-order valence-corrected chi connectivity index (χ2v) is 8.04. The van der Waals surface area contributed by atoms with Crippen LogP contribution in [0, 0.1) is 29.5 Å². The third kappa shape index (κ3) is 4.66. The fraction of sp³-hybridized carbons (Fsp3) is 0.500. The van der Waals surface area contributed by atoms with E-state index in [9.17, 15) is 9.18 Å². The van der Waals surface area contributed by atoms with Crippen LogP contribution >= 0.6 is 0 Å². The van der Waals surface area contributed by atoms with E-state index >= 15 is 0 Å². The minimum Gasteiger partial charge on any atom is -0.421 e. The van der Waals surface area contributed by atoms with E-state index < -0.39 is 0 Å². The molecule has 6 heteroatoms. The number of carbonyl (C=O) groups is 1. The van der Waals surface area contributed by atoms with Crippen LogP contribution in [0.2, 0.25) is 0 Å². The van der Waals surface area contributed by atoms with Crippen molar-refractivity contribution in [3.05, 3.63) is 47.6 Å². The highest BCUT2D eigenvalue weighted by Crippen LogP contribution is 2.38. The molecule has 3 atom stereocenters. The largest absolute Gasteiger partial charge is 0.421 e. The number of carbonyl (C=O) groups excluding carboxylic acids is 1. The summed E-state index contributed by atoms with van der Waals surface area (Å²) < 4.78 is 19.7. The van der Waals surface area contributed by atoms with Crippen molar-refractivity contribution in [2.75, 3.05) is 6.54 Å². The lowest BCUT2D eigenvalue weighted by Crippen LogP contribution is -2.36. The molecule has 1 heterocycles. The highest BCUT2D eigenvalue weighted by Gasteiger charge is 2.32. The van der Waals surface area contributed by atoms with Crippen LogP contribution < -0.4 is 5.32 Å². The molecule has 1 aromatic heterocycles. The van der Waals surface area contributed by atoms with E-state index in [4.69, 9.17) is 4.42 Å². The fourth-order valence-electron chi connectivity index (χ4n) is 4.06. The number of benzene rings is 1. The van der Waals surface area contributed by atoms with Crippen LogP contribution in [0.4, 0.5) is 4.39 Å². The summed E-state index contributed by atoms with van der Waals surface area (Å²) in [5.74, 6) is 1.98. The lowest BCUT2D eigenvalue weighted by molar-refractivity contribution is -0.119. The maximum absolute atomic E-state index is 14.0. The molecule has 1 aliphatic carbocycles. The first-order valence-electron chi connectivity index (χ1n) is 9.85. The van der Waals surface area contributed by atoms with E-state index in [-0.39, 0.29) is 17.6 Å². The highest BCUT2D eigenvalue weighted by atomic mass is 19.1. The molecule has 0 spiro atoms. The number of hydrogen-bond donors (Lipinski definition) is 1. The molecular weight excluding hydrogens is 357 g/mol. The molecule has 1 amide bonds. The average Bonchev–Trinajstić information content (AvgIpc) is 3.10. The number of hydrogen-bond acceptors (Lipinski definition) is 4. The molecule has 0 aliphatic heterocycles. The van der Waals surface area contributed by atoms with Crippen LogP contribution in [-0.2, 0) is 11.2 Å². The van der Waals surface area contributed by atoms with Crippen molar-refractivity contribution in [1.82, 2.24) is 15.5 Å². The third-order valence-corrected chi connectivity index (χ3v) is 5.66. The molecule has 1 aliphatic rings.